The molecule has 0 bridgehead atoms. The van der Waals surface area contributed by atoms with Gasteiger partial charge in [0.1, 0.15) is 0 Å². The summed E-state index contributed by atoms with van der Waals surface area (Å²) in [6.07, 6.45) is 2.28. The van der Waals surface area contributed by atoms with Crippen LogP contribution in [0.25, 0.3) is 0 Å². The highest BCUT2D eigenvalue weighted by Crippen LogP contribution is 2.16. The summed E-state index contributed by atoms with van der Waals surface area (Å²) in [5, 5.41) is 17.3. The smallest absolute Gasteiger partial charge is 0.151 e. The van der Waals surface area contributed by atoms with Gasteiger partial charge in [-0.2, -0.15) is 5.26 Å². The van der Waals surface area contributed by atoms with Crippen LogP contribution in [0, 0.1) is 11.3 Å². The molecular weight excluding hydrogens is 154 g/mol. The van der Waals surface area contributed by atoms with Crippen molar-refractivity contribution in [3.05, 3.63) is 0 Å². The molecule has 0 aromatic carbocycles. The van der Waals surface area contributed by atoms with Gasteiger partial charge in [0, 0.05) is 6.61 Å². The van der Waals surface area contributed by atoms with Gasteiger partial charge in [0.2, 0.25) is 0 Å². The maximum absolute atomic E-state index is 8.78. The standard InChI is InChI=1S/C9H17NO2/c1-3-5-9(2,8-10)12-7-4-6-11/h11H,3-7H2,1-2H3. The van der Waals surface area contributed by atoms with Crippen molar-refractivity contribution in [2.24, 2.45) is 0 Å². The molecule has 3 heteroatoms. The van der Waals surface area contributed by atoms with Gasteiger partial charge in [0.05, 0.1) is 12.7 Å². The lowest BCUT2D eigenvalue weighted by atomic mass is 10.0. The van der Waals surface area contributed by atoms with Crippen molar-refractivity contribution < 1.29 is 9.84 Å². The first kappa shape index (κ1) is 11.4. The first-order valence-electron chi connectivity index (χ1n) is 4.34. The van der Waals surface area contributed by atoms with Gasteiger partial charge in [-0.25, -0.2) is 0 Å². The summed E-state index contributed by atoms with van der Waals surface area (Å²) in [7, 11) is 0. The van der Waals surface area contributed by atoms with Crippen molar-refractivity contribution in [2.45, 2.75) is 38.7 Å². The number of hydrogen-bond acceptors (Lipinski definition) is 3. The normalized spacial score (nSPS) is 15.2. The van der Waals surface area contributed by atoms with Gasteiger partial charge in [-0.3, -0.25) is 0 Å². The SMILES string of the molecule is CCCC(C)(C#N)OCCCO. The minimum atomic E-state index is -0.663. The minimum absolute atomic E-state index is 0.119. The van der Waals surface area contributed by atoms with E-state index in [4.69, 9.17) is 15.1 Å². The number of rotatable bonds is 6. The monoisotopic (exact) mass is 171 g/mol. The number of nitriles is 1. The Morgan fingerprint density at radius 1 is 1.58 bits per heavy atom. The lowest BCUT2D eigenvalue weighted by Gasteiger charge is -2.21. The molecular formula is C9H17NO2. The molecule has 1 atom stereocenters. The second kappa shape index (κ2) is 5.99. The Hall–Kier alpha value is -0.590. The number of nitrogens with zero attached hydrogens (tertiary/aromatic N) is 1. The molecule has 3 nitrogen and oxygen atoms in total. The molecule has 0 radical (unpaired) electrons. The molecule has 12 heavy (non-hydrogen) atoms. The number of ether oxygens (including phenoxy) is 1. The molecule has 70 valence electrons. The van der Waals surface area contributed by atoms with E-state index in [0.717, 1.165) is 12.8 Å². The van der Waals surface area contributed by atoms with E-state index >= 15 is 0 Å². The van der Waals surface area contributed by atoms with Crippen molar-refractivity contribution >= 4 is 0 Å². The van der Waals surface area contributed by atoms with Gasteiger partial charge in [0.15, 0.2) is 5.60 Å². The lowest BCUT2D eigenvalue weighted by molar-refractivity contribution is -0.00125. The molecule has 0 amide bonds. The molecule has 0 aliphatic rings. The van der Waals surface area contributed by atoms with Gasteiger partial charge in [-0.15, -0.1) is 0 Å². The van der Waals surface area contributed by atoms with Crippen LogP contribution in [0.2, 0.25) is 0 Å². The zero-order valence-electron chi connectivity index (χ0n) is 7.84. The number of aliphatic hydroxyl groups excluding tert-OH is 1. The van der Waals surface area contributed by atoms with Gasteiger partial charge in [-0.1, -0.05) is 13.3 Å². The average Bonchev–Trinajstić information content (AvgIpc) is 2.06. The maximum atomic E-state index is 8.78. The number of aliphatic hydroxyl groups is 1. The van der Waals surface area contributed by atoms with Crippen LogP contribution in [0.4, 0.5) is 0 Å². The first-order valence-corrected chi connectivity index (χ1v) is 4.34. The molecule has 0 aromatic heterocycles. The Labute approximate surface area is 74.0 Å². The molecule has 1 N–H and O–H groups in total. The fourth-order valence-corrected chi connectivity index (χ4v) is 0.999. The molecule has 0 aliphatic carbocycles. The summed E-state index contributed by atoms with van der Waals surface area (Å²) in [5.74, 6) is 0. The molecule has 0 spiro atoms. The minimum Gasteiger partial charge on any atom is -0.396 e. The summed E-state index contributed by atoms with van der Waals surface area (Å²) in [6, 6.07) is 2.13. The predicted octanol–water partition coefficient (Wildman–Crippen LogP) is 1.47. The van der Waals surface area contributed by atoms with E-state index in [1.54, 1.807) is 6.92 Å². The Balaban J connectivity index is 3.73. The summed E-state index contributed by atoms with van der Waals surface area (Å²) in [4.78, 5) is 0. The van der Waals surface area contributed by atoms with Gasteiger partial charge in [0.25, 0.3) is 0 Å². The van der Waals surface area contributed by atoms with Crippen molar-refractivity contribution in [3.63, 3.8) is 0 Å². The van der Waals surface area contributed by atoms with Crippen molar-refractivity contribution in [1.82, 2.24) is 0 Å². The molecule has 0 aliphatic heterocycles. The summed E-state index contributed by atoms with van der Waals surface area (Å²) >= 11 is 0. The molecule has 0 saturated carbocycles. The van der Waals surface area contributed by atoms with Gasteiger partial charge in [-0.05, 0) is 19.8 Å². The van der Waals surface area contributed by atoms with E-state index in [0.29, 0.717) is 13.0 Å². The van der Waals surface area contributed by atoms with Crippen LogP contribution >= 0.6 is 0 Å². The molecule has 0 saturated heterocycles. The fraction of sp³-hybridized carbons (Fsp3) is 0.889. The van der Waals surface area contributed by atoms with Crippen LogP contribution in [-0.2, 0) is 4.74 Å². The third-order valence-corrected chi connectivity index (χ3v) is 1.69. The Kier molecular flexibility index (Phi) is 5.69. The topological polar surface area (TPSA) is 53.2 Å². The van der Waals surface area contributed by atoms with E-state index in [1.165, 1.54) is 0 Å². The Bertz CT molecular complexity index is 153. The third-order valence-electron chi connectivity index (χ3n) is 1.69. The van der Waals surface area contributed by atoms with Crippen LogP contribution in [0.3, 0.4) is 0 Å². The van der Waals surface area contributed by atoms with Crippen molar-refractivity contribution in [3.8, 4) is 6.07 Å². The van der Waals surface area contributed by atoms with Gasteiger partial charge < -0.3 is 9.84 Å². The quantitative estimate of drug-likeness (QED) is 0.616. The largest absolute Gasteiger partial charge is 0.396 e. The number of hydrogen-bond donors (Lipinski definition) is 1. The molecule has 0 aromatic rings. The Morgan fingerprint density at radius 3 is 2.67 bits per heavy atom. The summed E-state index contributed by atoms with van der Waals surface area (Å²) in [5.41, 5.74) is -0.663. The van der Waals surface area contributed by atoms with E-state index in [9.17, 15) is 0 Å². The van der Waals surface area contributed by atoms with E-state index in [-0.39, 0.29) is 6.61 Å². The zero-order valence-corrected chi connectivity index (χ0v) is 7.84. The second-order valence-electron chi connectivity index (χ2n) is 3.02. The highest BCUT2D eigenvalue weighted by atomic mass is 16.5. The molecule has 1 unspecified atom stereocenters. The Morgan fingerprint density at radius 2 is 2.25 bits per heavy atom. The van der Waals surface area contributed by atoms with Crippen LogP contribution < -0.4 is 0 Å². The van der Waals surface area contributed by atoms with Crippen LogP contribution in [-0.4, -0.2) is 23.9 Å². The molecule has 0 heterocycles. The molecule has 0 rings (SSSR count). The summed E-state index contributed by atoms with van der Waals surface area (Å²) in [6.45, 7) is 4.38. The average molecular weight is 171 g/mol. The fourth-order valence-electron chi connectivity index (χ4n) is 0.999. The first-order chi connectivity index (χ1) is 5.68. The van der Waals surface area contributed by atoms with Crippen molar-refractivity contribution in [1.29, 1.82) is 5.26 Å². The van der Waals surface area contributed by atoms with Gasteiger partial charge >= 0.3 is 0 Å². The van der Waals surface area contributed by atoms with E-state index in [1.807, 2.05) is 6.92 Å². The van der Waals surface area contributed by atoms with Crippen LogP contribution in [0.15, 0.2) is 0 Å². The van der Waals surface area contributed by atoms with E-state index < -0.39 is 5.60 Å². The second-order valence-corrected chi connectivity index (χ2v) is 3.02. The zero-order chi connectivity index (χ0) is 9.45. The van der Waals surface area contributed by atoms with Crippen LogP contribution in [0.1, 0.15) is 33.1 Å². The lowest BCUT2D eigenvalue weighted by Crippen LogP contribution is -2.27. The molecule has 0 fully saturated rings. The maximum Gasteiger partial charge on any atom is 0.151 e. The van der Waals surface area contributed by atoms with Crippen LogP contribution in [0.5, 0.6) is 0 Å². The highest BCUT2D eigenvalue weighted by Gasteiger charge is 2.22. The third kappa shape index (κ3) is 4.32. The summed E-state index contributed by atoms with van der Waals surface area (Å²) < 4.78 is 5.34. The highest BCUT2D eigenvalue weighted by molar-refractivity contribution is 4.97. The predicted molar refractivity (Wildman–Crippen MR) is 46.6 cm³/mol. The van der Waals surface area contributed by atoms with E-state index in [2.05, 4.69) is 6.07 Å². The van der Waals surface area contributed by atoms with Crippen molar-refractivity contribution in [2.75, 3.05) is 13.2 Å².